The zero-order chi connectivity index (χ0) is 10.7. The number of aromatic nitrogens is 2. The zero-order valence-electron chi connectivity index (χ0n) is 8.20. The van der Waals surface area contributed by atoms with Crippen LogP contribution in [0.5, 0.6) is 0 Å². The van der Waals surface area contributed by atoms with Gasteiger partial charge in [0.15, 0.2) is 5.82 Å². The summed E-state index contributed by atoms with van der Waals surface area (Å²) >= 11 is 3.38. The van der Waals surface area contributed by atoms with Crippen LogP contribution in [0.4, 0.5) is 5.82 Å². The predicted molar refractivity (Wildman–Crippen MR) is 61.6 cm³/mol. The molecule has 2 heterocycles. The molecule has 2 rings (SSSR count). The van der Waals surface area contributed by atoms with Gasteiger partial charge in [-0.1, -0.05) is 0 Å². The van der Waals surface area contributed by atoms with Crippen LogP contribution in [0.1, 0.15) is 6.92 Å². The van der Waals surface area contributed by atoms with Gasteiger partial charge in [-0.15, -0.1) is 0 Å². The van der Waals surface area contributed by atoms with Crippen molar-refractivity contribution in [1.82, 2.24) is 9.97 Å². The summed E-state index contributed by atoms with van der Waals surface area (Å²) in [6.45, 7) is 2.84. The van der Waals surface area contributed by atoms with Crippen LogP contribution in [0, 0.1) is 0 Å². The van der Waals surface area contributed by atoms with Crippen LogP contribution in [0.25, 0.3) is 11.4 Å². The fourth-order valence-electron chi connectivity index (χ4n) is 1.19. The molecule has 0 fully saturated rings. The maximum atomic E-state index is 4.99. The van der Waals surface area contributed by atoms with Crippen molar-refractivity contribution in [2.75, 3.05) is 11.9 Å². The van der Waals surface area contributed by atoms with Gasteiger partial charge in [-0.05, 0) is 28.9 Å². The highest BCUT2D eigenvalue weighted by atomic mass is 79.9. The number of nitrogens with one attached hydrogen (secondary N) is 1. The summed E-state index contributed by atoms with van der Waals surface area (Å²) in [5, 5.41) is 3.15. The van der Waals surface area contributed by atoms with Crippen LogP contribution in [-0.2, 0) is 0 Å². The molecule has 0 aliphatic carbocycles. The van der Waals surface area contributed by atoms with Crippen molar-refractivity contribution in [2.45, 2.75) is 6.92 Å². The minimum Gasteiger partial charge on any atom is -0.472 e. The van der Waals surface area contributed by atoms with E-state index in [1.807, 2.05) is 13.0 Å². The van der Waals surface area contributed by atoms with Gasteiger partial charge >= 0.3 is 0 Å². The fraction of sp³-hybridized carbons (Fsp3) is 0.200. The minimum absolute atomic E-state index is 0.655. The second-order valence-corrected chi connectivity index (χ2v) is 3.79. The molecule has 0 bridgehead atoms. The summed E-state index contributed by atoms with van der Waals surface area (Å²) in [5.41, 5.74) is 0.877. The quantitative estimate of drug-likeness (QED) is 0.929. The normalized spacial score (nSPS) is 10.3. The summed E-state index contributed by atoms with van der Waals surface area (Å²) in [5.74, 6) is 1.45. The molecule has 2 aromatic rings. The second-order valence-electron chi connectivity index (χ2n) is 2.93. The molecular weight excluding hydrogens is 258 g/mol. The Morgan fingerprint density at radius 1 is 1.53 bits per heavy atom. The number of furan rings is 1. The van der Waals surface area contributed by atoms with Crippen LogP contribution in [-0.4, -0.2) is 16.5 Å². The Balaban J connectivity index is 2.38. The first-order chi connectivity index (χ1) is 7.31. The molecule has 4 nitrogen and oxygen atoms in total. The van der Waals surface area contributed by atoms with Gasteiger partial charge in [0.2, 0.25) is 0 Å². The number of hydrogen-bond acceptors (Lipinski definition) is 4. The smallest absolute Gasteiger partial charge is 0.164 e. The number of anilines is 1. The largest absolute Gasteiger partial charge is 0.472 e. The third kappa shape index (κ3) is 2.18. The Labute approximate surface area is 95.9 Å². The lowest BCUT2D eigenvalue weighted by Gasteiger charge is -2.05. The van der Waals surface area contributed by atoms with Gasteiger partial charge < -0.3 is 9.73 Å². The van der Waals surface area contributed by atoms with Gasteiger partial charge in [0.05, 0.1) is 16.3 Å². The first-order valence-corrected chi connectivity index (χ1v) is 5.39. The number of nitrogens with zero attached hydrogens (tertiary/aromatic N) is 2. The first-order valence-electron chi connectivity index (χ1n) is 4.60. The second kappa shape index (κ2) is 4.44. The summed E-state index contributed by atoms with van der Waals surface area (Å²) < 4.78 is 5.84. The van der Waals surface area contributed by atoms with E-state index >= 15 is 0 Å². The van der Waals surface area contributed by atoms with Gasteiger partial charge in [0.1, 0.15) is 12.1 Å². The molecule has 0 unspecified atom stereocenters. The Morgan fingerprint density at radius 2 is 2.40 bits per heavy atom. The topological polar surface area (TPSA) is 51.0 Å². The third-order valence-corrected chi connectivity index (χ3v) is 2.45. The lowest BCUT2D eigenvalue weighted by molar-refractivity contribution is 0.568. The van der Waals surface area contributed by atoms with E-state index in [1.54, 1.807) is 18.7 Å². The van der Waals surface area contributed by atoms with Crippen LogP contribution in [0.3, 0.4) is 0 Å². The maximum absolute atomic E-state index is 4.99. The van der Waals surface area contributed by atoms with E-state index in [4.69, 9.17) is 4.42 Å². The molecule has 0 radical (unpaired) electrons. The third-order valence-electron chi connectivity index (χ3n) is 1.87. The summed E-state index contributed by atoms with van der Waals surface area (Å²) in [6, 6.07) is 1.83. The summed E-state index contributed by atoms with van der Waals surface area (Å²) in [6.07, 6.45) is 4.96. The standard InChI is InChI=1S/C10H10BrN3O/c1-2-12-10-8(11)5-13-9(14-10)7-3-4-15-6-7/h3-6H,2H2,1H3,(H,12,13,14). The molecule has 0 aliphatic rings. The van der Waals surface area contributed by atoms with E-state index in [-0.39, 0.29) is 0 Å². The van der Waals surface area contributed by atoms with Crippen LogP contribution in [0.2, 0.25) is 0 Å². The SMILES string of the molecule is CCNc1nc(-c2ccoc2)ncc1Br. The van der Waals surface area contributed by atoms with Crippen molar-refractivity contribution in [3.63, 3.8) is 0 Å². The van der Waals surface area contributed by atoms with Gasteiger partial charge in [0.25, 0.3) is 0 Å². The number of rotatable bonds is 3. The van der Waals surface area contributed by atoms with E-state index < -0.39 is 0 Å². The average Bonchev–Trinajstić information content (AvgIpc) is 2.75. The van der Waals surface area contributed by atoms with Gasteiger partial charge in [-0.3, -0.25) is 0 Å². The number of hydrogen-bond donors (Lipinski definition) is 1. The van der Waals surface area contributed by atoms with Crippen molar-refractivity contribution in [3.8, 4) is 11.4 Å². The highest BCUT2D eigenvalue weighted by molar-refractivity contribution is 9.10. The summed E-state index contributed by atoms with van der Waals surface area (Å²) in [7, 11) is 0. The van der Waals surface area contributed by atoms with Crippen LogP contribution < -0.4 is 5.32 Å². The molecular formula is C10H10BrN3O. The fourth-order valence-corrected chi connectivity index (χ4v) is 1.52. The Hall–Kier alpha value is -1.36. The van der Waals surface area contributed by atoms with Crippen molar-refractivity contribution >= 4 is 21.7 Å². The molecule has 0 atom stereocenters. The highest BCUT2D eigenvalue weighted by Gasteiger charge is 2.06. The summed E-state index contributed by atoms with van der Waals surface area (Å²) in [4.78, 5) is 8.58. The van der Waals surface area contributed by atoms with E-state index in [2.05, 4.69) is 31.2 Å². The molecule has 0 aliphatic heterocycles. The lowest BCUT2D eigenvalue weighted by atomic mass is 10.3. The predicted octanol–water partition coefficient (Wildman–Crippen LogP) is 2.93. The highest BCUT2D eigenvalue weighted by Crippen LogP contribution is 2.23. The molecule has 0 amide bonds. The van der Waals surface area contributed by atoms with Crippen LogP contribution >= 0.6 is 15.9 Å². The lowest BCUT2D eigenvalue weighted by Crippen LogP contribution is -2.02. The molecule has 1 N–H and O–H groups in total. The molecule has 2 aromatic heterocycles. The van der Waals surface area contributed by atoms with Gasteiger partial charge in [0, 0.05) is 12.7 Å². The Bertz CT molecular complexity index is 442. The Morgan fingerprint density at radius 3 is 3.07 bits per heavy atom. The van der Waals surface area contributed by atoms with E-state index in [0.717, 1.165) is 22.4 Å². The van der Waals surface area contributed by atoms with Gasteiger partial charge in [-0.2, -0.15) is 0 Å². The molecule has 0 spiro atoms. The molecule has 15 heavy (non-hydrogen) atoms. The van der Waals surface area contributed by atoms with E-state index in [1.165, 1.54) is 0 Å². The van der Waals surface area contributed by atoms with Crippen LogP contribution in [0.15, 0.2) is 33.7 Å². The zero-order valence-corrected chi connectivity index (χ0v) is 9.78. The maximum Gasteiger partial charge on any atom is 0.164 e. The first kappa shape index (κ1) is 10.2. The van der Waals surface area contributed by atoms with Crippen molar-refractivity contribution in [3.05, 3.63) is 29.3 Å². The monoisotopic (exact) mass is 267 g/mol. The molecule has 0 saturated carbocycles. The minimum atomic E-state index is 0.655. The molecule has 0 saturated heterocycles. The van der Waals surface area contributed by atoms with Crippen molar-refractivity contribution < 1.29 is 4.42 Å². The van der Waals surface area contributed by atoms with Crippen molar-refractivity contribution in [2.24, 2.45) is 0 Å². The molecule has 0 aromatic carbocycles. The van der Waals surface area contributed by atoms with Crippen molar-refractivity contribution in [1.29, 1.82) is 0 Å². The van der Waals surface area contributed by atoms with Gasteiger partial charge in [-0.25, -0.2) is 9.97 Å². The van der Waals surface area contributed by atoms with E-state index in [9.17, 15) is 0 Å². The average molecular weight is 268 g/mol. The molecule has 5 heteroatoms. The molecule has 78 valence electrons. The number of halogens is 1. The van der Waals surface area contributed by atoms with E-state index in [0.29, 0.717) is 5.82 Å². The Kier molecular flexibility index (Phi) is 3.01.